The zero-order valence-electron chi connectivity index (χ0n) is 16.1. The Morgan fingerprint density at radius 3 is 3.21 bits per heavy atom. The molecule has 0 aromatic carbocycles. The summed E-state index contributed by atoms with van der Waals surface area (Å²) in [5, 5.41) is 13.3. The first kappa shape index (κ1) is 18.6. The normalized spacial score (nSPS) is 17.5. The van der Waals surface area contributed by atoms with Crippen molar-refractivity contribution >= 4 is 33.3 Å². The summed E-state index contributed by atoms with van der Waals surface area (Å²) < 4.78 is 7.06. The molecule has 0 fully saturated rings. The number of fused-ring (bicyclic) bond motifs is 3. The van der Waals surface area contributed by atoms with Crippen molar-refractivity contribution in [1.29, 1.82) is 0 Å². The number of hydrogen-bond donors (Lipinski definition) is 1. The maximum atomic E-state index is 12.8. The van der Waals surface area contributed by atoms with Crippen molar-refractivity contribution in [2.24, 2.45) is 5.92 Å². The fraction of sp³-hybridized carbons (Fsp3) is 0.421. The summed E-state index contributed by atoms with van der Waals surface area (Å²) >= 11 is 3.13. The van der Waals surface area contributed by atoms with Crippen molar-refractivity contribution < 1.29 is 4.42 Å². The molecule has 4 aromatic rings. The van der Waals surface area contributed by atoms with Crippen LogP contribution in [0.1, 0.15) is 47.5 Å². The third kappa shape index (κ3) is 3.51. The number of aromatic amines is 1. The van der Waals surface area contributed by atoms with Gasteiger partial charge in [0.25, 0.3) is 5.56 Å². The highest BCUT2D eigenvalue weighted by Crippen LogP contribution is 2.37. The first-order chi connectivity index (χ1) is 14.1. The van der Waals surface area contributed by atoms with Crippen molar-refractivity contribution in [3.05, 3.63) is 50.8 Å². The quantitative estimate of drug-likeness (QED) is 0.485. The minimum atomic E-state index is -0.105. The van der Waals surface area contributed by atoms with Crippen molar-refractivity contribution in [1.82, 2.24) is 30.2 Å². The largest absolute Gasteiger partial charge is 0.467 e. The van der Waals surface area contributed by atoms with Crippen LogP contribution >= 0.6 is 23.1 Å². The van der Waals surface area contributed by atoms with Crippen LogP contribution in [-0.2, 0) is 19.4 Å². The van der Waals surface area contributed by atoms with Gasteiger partial charge < -0.3 is 9.40 Å². The van der Waals surface area contributed by atoms with Gasteiger partial charge in [-0.3, -0.25) is 4.79 Å². The molecule has 0 saturated carbocycles. The van der Waals surface area contributed by atoms with E-state index in [1.54, 1.807) is 22.3 Å². The van der Waals surface area contributed by atoms with Gasteiger partial charge in [-0.25, -0.2) is 9.67 Å². The van der Waals surface area contributed by atoms with Gasteiger partial charge in [0.05, 0.1) is 16.9 Å². The Hall–Kier alpha value is -2.46. The zero-order chi connectivity index (χ0) is 20.0. The summed E-state index contributed by atoms with van der Waals surface area (Å²) in [6, 6.07) is 3.71. The van der Waals surface area contributed by atoms with E-state index in [-0.39, 0.29) is 10.8 Å². The van der Waals surface area contributed by atoms with Crippen LogP contribution in [0, 0.1) is 5.92 Å². The number of rotatable bonds is 5. The van der Waals surface area contributed by atoms with E-state index in [1.165, 1.54) is 22.2 Å². The monoisotopic (exact) mass is 428 g/mol. The van der Waals surface area contributed by atoms with E-state index in [0.717, 1.165) is 35.2 Å². The molecule has 4 heterocycles. The maximum Gasteiger partial charge on any atom is 0.259 e. The van der Waals surface area contributed by atoms with E-state index in [4.69, 9.17) is 9.40 Å². The summed E-state index contributed by atoms with van der Waals surface area (Å²) in [5.74, 6) is 2.08. The fourth-order valence-corrected chi connectivity index (χ4v) is 5.94. The van der Waals surface area contributed by atoms with E-state index in [9.17, 15) is 4.79 Å². The van der Waals surface area contributed by atoms with Crippen LogP contribution in [0.5, 0.6) is 0 Å². The van der Waals surface area contributed by atoms with E-state index in [1.807, 2.05) is 19.1 Å². The minimum absolute atomic E-state index is 0.0420. The lowest BCUT2D eigenvalue weighted by atomic mass is 9.89. The van der Waals surface area contributed by atoms with E-state index >= 15 is 0 Å². The molecule has 0 saturated heterocycles. The van der Waals surface area contributed by atoms with Crippen molar-refractivity contribution in [3.63, 3.8) is 0 Å². The van der Waals surface area contributed by atoms with Gasteiger partial charge in [-0.05, 0) is 60.2 Å². The van der Waals surface area contributed by atoms with Crippen LogP contribution in [0.25, 0.3) is 10.2 Å². The predicted octanol–water partition coefficient (Wildman–Crippen LogP) is 3.59. The topological polar surface area (TPSA) is 102 Å². The lowest BCUT2D eigenvalue weighted by Gasteiger charge is -2.17. The number of hydrogen-bond acceptors (Lipinski definition) is 8. The van der Waals surface area contributed by atoms with Crippen molar-refractivity contribution in [2.45, 2.75) is 50.1 Å². The van der Waals surface area contributed by atoms with Crippen LogP contribution in [0.15, 0.2) is 32.8 Å². The van der Waals surface area contributed by atoms with Gasteiger partial charge in [-0.2, -0.15) is 0 Å². The zero-order valence-corrected chi connectivity index (χ0v) is 17.7. The number of thiophene rings is 1. The summed E-state index contributed by atoms with van der Waals surface area (Å²) in [7, 11) is 0. The van der Waals surface area contributed by atoms with Crippen LogP contribution in [0.2, 0.25) is 0 Å². The molecule has 0 aliphatic heterocycles. The van der Waals surface area contributed by atoms with Gasteiger partial charge in [-0.1, -0.05) is 18.7 Å². The Morgan fingerprint density at radius 2 is 2.38 bits per heavy atom. The Morgan fingerprint density at radius 1 is 1.48 bits per heavy atom. The van der Waals surface area contributed by atoms with Crippen molar-refractivity contribution in [2.75, 3.05) is 0 Å². The molecule has 0 unspecified atom stereocenters. The Kier molecular flexibility index (Phi) is 4.75. The highest BCUT2D eigenvalue weighted by Gasteiger charge is 2.24. The molecule has 150 valence electrons. The van der Waals surface area contributed by atoms with Gasteiger partial charge >= 0.3 is 0 Å². The number of H-pyrrole nitrogens is 1. The van der Waals surface area contributed by atoms with E-state index < -0.39 is 0 Å². The van der Waals surface area contributed by atoms with Crippen LogP contribution < -0.4 is 5.56 Å². The SMILES string of the molecule is C[C@@H]1CCc2c(sc3nc([C@@H](C)Sc4nnnn4Cc4ccco4)[nH]c(=O)c23)C1. The van der Waals surface area contributed by atoms with Gasteiger partial charge in [-0.15, -0.1) is 16.4 Å². The van der Waals surface area contributed by atoms with Gasteiger partial charge in [0, 0.05) is 4.88 Å². The first-order valence-electron chi connectivity index (χ1n) is 9.58. The second-order valence-electron chi connectivity index (χ2n) is 7.44. The fourth-order valence-electron chi connectivity index (χ4n) is 3.70. The molecule has 0 spiro atoms. The van der Waals surface area contributed by atoms with E-state index in [0.29, 0.717) is 23.4 Å². The van der Waals surface area contributed by atoms with Gasteiger partial charge in [0.2, 0.25) is 5.16 Å². The number of thioether (sulfide) groups is 1. The molecular formula is C19H20N6O2S2. The molecule has 1 N–H and O–H groups in total. The second kappa shape index (κ2) is 7.42. The maximum absolute atomic E-state index is 12.8. The average molecular weight is 429 g/mol. The molecular weight excluding hydrogens is 408 g/mol. The molecule has 1 aliphatic rings. The highest BCUT2D eigenvalue weighted by atomic mass is 32.2. The highest BCUT2D eigenvalue weighted by molar-refractivity contribution is 7.99. The lowest BCUT2D eigenvalue weighted by molar-refractivity contribution is 0.462. The number of tetrazole rings is 1. The molecule has 4 aromatic heterocycles. The Labute approximate surface area is 174 Å². The molecule has 10 heteroatoms. The smallest absolute Gasteiger partial charge is 0.259 e. The third-order valence-corrected chi connectivity index (χ3v) is 7.46. The van der Waals surface area contributed by atoms with Gasteiger partial charge in [0.1, 0.15) is 23.0 Å². The molecule has 8 nitrogen and oxygen atoms in total. The first-order valence-corrected chi connectivity index (χ1v) is 11.3. The number of nitrogens with one attached hydrogen (secondary N) is 1. The predicted molar refractivity (Wildman–Crippen MR) is 111 cm³/mol. The molecule has 1 aliphatic carbocycles. The number of aryl methyl sites for hydroxylation is 1. The lowest BCUT2D eigenvalue weighted by Crippen LogP contribution is -2.15. The summed E-state index contributed by atoms with van der Waals surface area (Å²) in [5.41, 5.74) is 1.16. The van der Waals surface area contributed by atoms with Gasteiger partial charge in [0.15, 0.2) is 0 Å². The Bertz CT molecular complexity index is 1210. The number of nitrogens with zero attached hydrogens (tertiary/aromatic N) is 5. The van der Waals surface area contributed by atoms with Crippen LogP contribution in [0.4, 0.5) is 0 Å². The minimum Gasteiger partial charge on any atom is -0.467 e. The molecule has 0 amide bonds. The summed E-state index contributed by atoms with van der Waals surface area (Å²) in [6.45, 7) is 4.71. The average Bonchev–Trinajstić information content (AvgIpc) is 3.42. The Balaban J connectivity index is 1.43. The summed E-state index contributed by atoms with van der Waals surface area (Å²) in [4.78, 5) is 22.8. The third-order valence-electron chi connectivity index (χ3n) is 5.24. The molecule has 0 bridgehead atoms. The second-order valence-corrected chi connectivity index (χ2v) is 9.83. The standard InChI is InChI=1S/C19H20N6O2S2/c1-10-5-6-13-14(8-10)29-18-15(13)17(26)20-16(21-18)11(2)28-19-22-23-24-25(19)9-12-4-3-7-27-12/h3-4,7,10-11H,5-6,8-9H2,1-2H3,(H,20,21,26)/t10-,11-/m1/s1. The molecule has 2 atom stereocenters. The van der Waals surface area contributed by atoms with E-state index in [2.05, 4.69) is 27.4 Å². The molecule has 29 heavy (non-hydrogen) atoms. The van der Waals surface area contributed by atoms with Crippen molar-refractivity contribution in [3.8, 4) is 0 Å². The summed E-state index contributed by atoms with van der Waals surface area (Å²) in [6.07, 6.45) is 4.76. The van der Waals surface area contributed by atoms with Crippen LogP contribution in [0.3, 0.4) is 0 Å². The van der Waals surface area contributed by atoms with Crippen LogP contribution in [-0.4, -0.2) is 30.2 Å². The molecule has 5 rings (SSSR count). The number of aromatic nitrogens is 6. The number of furan rings is 1. The molecule has 0 radical (unpaired) electrons.